The van der Waals surface area contributed by atoms with E-state index in [0.29, 0.717) is 5.56 Å². The van der Waals surface area contributed by atoms with Crippen LogP contribution in [0.4, 0.5) is 0 Å². The lowest BCUT2D eigenvalue weighted by Crippen LogP contribution is -2.17. The fraction of sp³-hybridized carbons (Fsp3) is 0.111. The number of ketones is 2. The zero-order valence-corrected chi connectivity index (χ0v) is 6.36. The number of benzene rings is 1. The molecular formula is C9H8O3. The van der Waals surface area contributed by atoms with Gasteiger partial charge in [0.25, 0.3) is 0 Å². The molecule has 1 aromatic rings. The summed E-state index contributed by atoms with van der Waals surface area (Å²) in [6, 6.07) is 8.15. The largest absolute Gasteiger partial charge is 0.388 e. The monoisotopic (exact) mass is 164 g/mol. The third-order valence-electron chi connectivity index (χ3n) is 1.43. The first-order valence-electron chi connectivity index (χ1n) is 3.49. The predicted octanol–water partition coefficient (Wildman–Crippen LogP) is 0.431. The number of Topliss-reactive ketones (excluding diaryl/α,β-unsaturated/α-hetero) is 2. The van der Waals surface area contributed by atoms with Crippen LogP contribution in [-0.4, -0.2) is 23.3 Å². The van der Waals surface area contributed by atoms with Crippen molar-refractivity contribution < 1.29 is 14.7 Å². The van der Waals surface area contributed by atoms with Crippen molar-refractivity contribution in [2.24, 2.45) is 0 Å². The lowest BCUT2D eigenvalue weighted by Gasteiger charge is -1.95. The number of carbonyl (C=O) groups is 2. The molecule has 1 N–H and O–H groups in total. The molecule has 0 aromatic heterocycles. The molecule has 0 saturated heterocycles. The summed E-state index contributed by atoms with van der Waals surface area (Å²) in [5.74, 6) is -1.42. The van der Waals surface area contributed by atoms with Gasteiger partial charge in [-0.2, -0.15) is 0 Å². The van der Waals surface area contributed by atoms with Crippen LogP contribution in [0, 0.1) is 0 Å². The first-order valence-corrected chi connectivity index (χ1v) is 3.49. The Balaban J connectivity index is 2.86. The minimum atomic E-state index is -0.777. The topological polar surface area (TPSA) is 54.4 Å². The Hall–Kier alpha value is -1.48. The summed E-state index contributed by atoms with van der Waals surface area (Å²) in [6.07, 6.45) is 0. The Labute approximate surface area is 69.6 Å². The first kappa shape index (κ1) is 8.62. The minimum absolute atomic E-state index is 0.316. The van der Waals surface area contributed by atoms with Gasteiger partial charge in [-0.1, -0.05) is 30.3 Å². The third-order valence-corrected chi connectivity index (χ3v) is 1.43. The smallest absolute Gasteiger partial charge is 0.231 e. The van der Waals surface area contributed by atoms with Crippen LogP contribution in [0.5, 0.6) is 0 Å². The molecule has 3 heteroatoms. The predicted molar refractivity (Wildman–Crippen MR) is 42.9 cm³/mol. The molecule has 0 unspecified atom stereocenters. The van der Waals surface area contributed by atoms with Crippen LogP contribution < -0.4 is 0 Å². The molecule has 0 spiro atoms. The third kappa shape index (κ3) is 1.77. The van der Waals surface area contributed by atoms with Crippen LogP contribution in [0.2, 0.25) is 0 Å². The standard InChI is InChI=1S/C9H8O3/c10-6-8(11)9(12)7-4-2-1-3-5-7/h1-5,10H,6H2. The molecule has 0 radical (unpaired) electrons. The van der Waals surface area contributed by atoms with E-state index >= 15 is 0 Å². The summed E-state index contributed by atoms with van der Waals surface area (Å²) in [6.45, 7) is -0.728. The van der Waals surface area contributed by atoms with Crippen molar-refractivity contribution >= 4 is 11.6 Å². The average Bonchev–Trinajstić information content (AvgIpc) is 2.17. The van der Waals surface area contributed by atoms with E-state index < -0.39 is 18.2 Å². The van der Waals surface area contributed by atoms with Crippen LogP contribution in [-0.2, 0) is 4.79 Å². The van der Waals surface area contributed by atoms with Crippen molar-refractivity contribution in [2.75, 3.05) is 6.61 Å². The van der Waals surface area contributed by atoms with Gasteiger partial charge in [0, 0.05) is 5.56 Å². The van der Waals surface area contributed by atoms with Crippen molar-refractivity contribution in [1.29, 1.82) is 0 Å². The Morgan fingerprint density at radius 3 is 2.25 bits per heavy atom. The van der Waals surface area contributed by atoms with E-state index in [-0.39, 0.29) is 0 Å². The van der Waals surface area contributed by atoms with Crippen LogP contribution in [0.25, 0.3) is 0 Å². The van der Waals surface area contributed by atoms with Gasteiger partial charge < -0.3 is 5.11 Å². The van der Waals surface area contributed by atoms with Crippen molar-refractivity contribution in [2.45, 2.75) is 0 Å². The van der Waals surface area contributed by atoms with E-state index in [9.17, 15) is 9.59 Å². The quantitative estimate of drug-likeness (QED) is 0.520. The molecule has 0 atom stereocenters. The summed E-state index contributed by atoms with van der Waals surface area (Å²) in [5.41, 5.74) is 0.316. The van der Waals surface area contributed by atoms with Gasteiger partial charge in [0.2, 0.25) is 11.6 Å². The van der Waals surface area contributed by atoms with E-state index in [2.05, 4.69) is 0 Å². The molecule has 0 bridgehead atoms. The molecule has 12 heavy (non-hydrogen) atoms. The molecule has 62 valence electrons. The molecule has 0 saturated carbocycles. The van der Waals surface area contributed by atoms with Crippen molar-refractivity contribution in [3.8, 4) is 0 Å². The second kappa shape index (κ2) is 3.78. The van der Waals surface area contributed by atoms with E-state index in [0.717, 1.165) is 0 Å². The van der Waals surface area contributed by atoms with Gasteiger partial charge >= 0.3 is 0 Å². The zero-order valence-electron chi connectivity index (χ0n) is 6.36. The summed E-state index contributed by atoms with van der Waals surface area (Å²) >= 11 is 0. The summed E-state index contributed by atoms with van der Waals surface area (Å²) in [4.78, 5) is 21.8. The van der Waals surface area contributed by atoms with Gasteiger partial charge in [0.05, 0.1) is 0 Å². The van der Waals surface area contributed by atoms with Crippen molar-refractivity contribution in [3.63, 3.8) is 0 Å². The van der Waals surface area contributed by atoms with E-state index in [1.54, 1.807) is 18.2 Å². The lowest BCUT2D eigenvalue weighted by atomic mass is 10.1. The second-order valence-electron chi connectivity index (χ2n) is 2.28. The molecule has 0 amide bonds. The van der Waals surface area contributed by atoms with Crippen LogP contribution in [0.3, 0.4) is 0 Å². The van der Waals surface area contributed by atoms with Crippen molar-refractivity contribution in [3.05, 3.63) is 35.9 Å². The highest BCUT2D eigenvalue weighted by Crippen LogP contribution is 1.99. The maximum atomic E-state index is 11.1. The normalized spacial score (nSPS) is 9.42. The van der Waals surface area contributed by atoms with E-state index in [1.165, 1.54) is 12.1 Å². The Morgan fingerprint density at radius 1 is 1.17 bits per heavy atom. The molecule has 0 aliphatic heterocycles. The molecule has 1 aromatic carbocycles. The molecular weight excluding hydrogens is 156 g/mol. The number of carbonyl (C=O) groups excluding carboxylic acids is 2. The summed E-state index contributed by atoms with van der Waals surface area (Å²) < 4.78 is 0. The Kier molecular flexibility index (Phi) is 2.71. The summed E-state index contributed by atoms with van der Waals surface area (Å²) in [7, 11) is 0. The second-order valence-corrected chi connectivity index (χ2v) is 2.28. The average molecular weight is 164 g/mol. The van der Waals surface area contributed by atoms with Crippen LogP contribution in [0.1, 0.15) is 10.4 Å². The highest BCUT2D eigenvalue weighted by Gasteiger charge is 2.13. The molecule has 0 fully saturated rings. The van der Waals surface area contributed by atoms with E-state index in [1.807, 2.05) is 0 Å². The first-order chi connectivity index (χ1) is 5.75. The molecule has 0 aliphatic rings. The van der Waals surface area contributed by atoms with Gasteiger partial charge in [-0.3, -0.25) is 9.59 Å². The SMILES string of the molecule is O=C(CO)C(=O)c1ccccc1. The number of rotatable bonds is 3. The van der Waals surface area contributed by atoms with E-state index in [4.69, 9.17) is 5.11 Å². The van der Waals surface area contributed by atoms with Gasteiger partial charge in [0.15, 0.2) is 0 Å². The highest BCUT2D eigenvalue weighted by molar-refractivity contribution is 6.44. The maximum absolute atomic E-state index is 11.1. The number of hydrogen-bond donors (Lipinski definition) is 1. The number of aliphatic hydroxyl groups is 1. The molecule has 3 nitrogen and oxygen atoms in total. The van der Waals surface area contributed by atoms with Gasteiger partial charge in [-0.15, -0.1) is 0 Å². The van der Waals surface area contributed by atoms with Crippen LogP contribution in [0.15, 0.2) is 30.3 Å². The Morgan fingerprint density at radius 2 is 1.75 bits per heavy atom. The van der Waals surface area contributed by atoms with Gasteiger partial charge in [-0.25, -0.2) is 0 Å². The molecule has 0 aliphatic carbocycles. The van der Waals surface area contributed by atoms with Gasteiger partial charge in [-0.05, 0) is 0 Å². The zero-order chi connectivity index (χ0) is 8.97. The fourth-order valence-corrected chi connectivity index (χ4v) is 0.822. The fourth-order valence-electron chi connectivity index (χ4n) is 0.822. The Bertz CT molecular complexity index is 290. The highest BCUT2D eigenvalue weighted by atomic mass is 16.3. The maximum Gasteiger partial charge on any atom is 0.231 e. The lowest BCUT2D eigenvalue weighted by molar-refractivity contribution is -0.117. The molecule has 1 rings (SSSR count). The van der Waals surface area contributed by atoms with Crippen LogP contribution >= 0.6 is 0 Å². The molecule has 0 heterocycles. The number of aliphatic hydroxyl groups excluding tert-OH is 1. The van der Waals surface area contributed by atoms with Crippen molar-refractivity contribution in [1.82, 2.24) is 0 Å². The summed E-state index contributed by atoms with van der Waals surface area (Å²) in [5, 5.41) is 8.40. The minimum Gasteiger partial charge on any atom is -0.388 e. The number of hydrogen-bond acceptors (Lipinski definition) is 3. The van der Waals surface area contributed by atoms with Gasteiger partial charge in [0.1, 0.15) is 6.61 Å².